The molecule has 6 nitrogen and oxygen atoms in total. The Morgan fingerprint density at radius 3 is 2.67 bits per heavy atom. The van der Waals surface area contributed by atoms with Gasteiger partial charge in [0.05, 0.1) is 15.5 Å². The summed E-state index contributed by atoms with van der Waals surface area (Å²) >= 11 is 5.72. The second-order valence-electron chi connectivity index (χ2n) is 3.96. The van der Waals surface area contributed by atoms with E-state index in [1.165, 1.54) is 26.2 Å². The van der Waals surface area contributed by atoms with Crippen molar-refractivity contribution >= 4 is 17.4 Å². The number of hydrogen-bond acceptors (Lipinski definition) is 5. The normalized spacial score (nSPS) is 23.1. The van der Waals surface area contributed by atoms with Gasteiger partial charge in [-0.3, -0.25) is 14.9 Å². The summed E-state index contributed by atoms with van der Waals surface area (Å²) in [5.74, 6) is -0.634. The Labute approximate surface area is 107 Å². The summed E-state index contributed by atoms with van der Waals surface area (Å²) in [6, 6.07) is 1.45. The molecule has 0 amide bonds. The van der Waals surface area contributed by atoms with Crippen molar-refractivity contribution in [3.05, 3.63) is 44.6 Å². The van der Waals surface area contributed by atoms with Crippen molar-refractivity contribution in [2.75, 3.05) is 0 Å². The van der Waals surface area contributed by atoms with E-state index in [1.54, 1.807) is 0 Å². The van der Waals surface area contributed by atoms with Crippen LogP contribution >= 0.6 is 11.6 Å². The molecule has 96 valence electrons. The van der Waals surface area contributed by atoms with Gasteiger partial charge in [-0.2, -0.15) is 0 Å². The fourth-order valence-corrected chi connectivity index (χ4v) is 2.23. The second-order valence-corrected chi connectivity index (χ2v) is 4.40. The van der Waals surface area contributed by atoms with E-state index >= 15 is 0 Å². The molecule has 0 aliphatic carbocycles. The van der Waals surface area contributed by atoms with Crippen LogP contribution in [0.2, 0.25) is 5.02 Å². The third-order valence-corrected chi connectivity index (χ3v) is 2.95. The Morgan fingerprint density at radius 2 is 2.22 bits per heavy atom. The number of furan rings is 1. The molecule has 0 radical (unpaired) electrons. The molecule has 0 saturated carbocycles. The van der Waals surface area contributed by atoms with Gasteiger partial charge in [-0.25, -0.2) is 0 Å². The maximum Gasteiger partial charge on any atom is 0.367 e. The minimum Gasteiger partial charge on any atom is -0.467 e. The summed E-state index contributed by atoms with van der Waals surface area (Å²) < 4.78 is 10.3. The van der Waals surface area contributed by atoms with Gasteiger partial charge in [0.1, 0.15) is 17.8 Å². The minimum atomic E-state index is -1.36. The van der Waals surface area contributed by atoms with Gasteiger partial charge in [0.15, 0.2) is 11.7 Å². The molecule has 0 aromatic carbocycles. The first-order chi connectivity index (χ1) is 8.41. The van der Waals surface area contributed by atoms with Crippen molar-refractivity contribution in [3.63, 3.8) is 0 Å². The molecule has 2 rings (SSSR count). The second kappa shape index (κ2) is 4.45. The highest BCUT2D eigenvalue weighted by Crippen LogP contribution is 2.40. The van der Waals surface area contributed by atoms with Crippen LogP contribution in [0.15, 0.2) is 28.1 Å². The smallest absolute Gasteiger partial charge is 0.367 e. The third-order valence-electron chi connectivity index (χ3n) is 2.75. The van der Waals surface area contributed by atoms with Gasteiger partial charge in [-0.1, -0.05) is 11.6 Å². The first-order valence-corrected chi connectivity index (χ1v) is 5.55. The predicted molar refractivity (Wildman–Crippen MR) is 61.7 cm³/mol. The molecule has 2 heterocycles. The maximum atomic E-state index is 11.6. The Kier molecular flexibility index (Phi) is 3.13. The van der Waals surface area contributed by atoms with Crippen LogP contribution < -0.4 is 0 Å². The topological polar surface area (TPSA) is 82.6 Å². The van der Waals surface area contributed by atoms with Gasteiger partial charge in [0.25, 0.3) is 0 Å². The van der Waals surface area contributed by atoms with Gasteiger partial charge in [0, 0.05) is 0 Å². The zero-order chi connectivity index (χ0) is 13.4. The van der Waals surface area contributed by atoms with Crippen LogP contribution in [0.4, 0.5) is 0 Å². The van der Waals surface area contributed by atoms with E-state index in [0.717, 1.165) is 0 Å². The van der Waals surface area contributed by atoms with Crippen molar-refractivity contribution in [1.82, 2.24) is 0 Å². The molecule has 0 bridgehead atoms. The Hall–Kier alpha value is -1.82. The number of rotatable bonds is 3. The van der Waals surface area contributed by atoms with Gasteiger partial charge in [-0.05, 0) is 19.9 Å². The van der Waals surface area contributed by atoms with E-state index in [0.29, 0.717) is 5.02 Å². The van der Waals surface area contributed by atoms with Crippen LogP contribution in [0, 0.1) is 10.1 Å². The summed E-state index contributed by atoms with van der Waals surface area (Å²) in [7, 11) is 0. The summed E-state index contributed by atoms with van der Waals surface area (Å²) in [5.41, 5.74) is 0.253. The van der Waals surface area contributed by atoms with Gasteiger partial charge in [-0.15, -0.1) is 0 Å². The first-order valence-electron chi connectivity index (χ1n) is 5.17. The lowest BCUT2D eigenvalue weighted by atomic mass is 9.93. The molecule has 18 heavy (non-hydrogen) atoms. The zero-order valence-corrected chi connectivity index (χ0v) is 10.4. The highest BCUT2D eigenvalue weighted by Gasteiger charge is 2.47. The molecule has 2 unspecified atom stereocenters. The SMILES string of the molecule is CC(=O)C1=C(C)OC([N+](=O)[O-])C1c1cc(Cl)co1. The summed E-state index contributed by atoms with van der Waals surface area (Å²) in [6.07, 6.45) is -0.0922. The molecule has 1 aliphatic heterocycles. The Morgan fingerprint density at radius 1 is 1.56 bits per heavy atom. The molecule has 1 aliphatic rings. The lowest BCUT2D eigenvalue weighted by molar-refractivity contribution is -0.570. The van der Waals surface area contributed by atoms with Crippen molar-refractivity contribution in [2.45, 2.75) is 26.0 Å². The zero-order valence-electron chi connectivity index (χ0n) is 9.68. The summed E-state index contributed by atoms with van der Waals surface area (Å²) in [5, 5.41) is 11.3. The van der Waals surface area contributed by atoms with Gasteiger partial charge < -0.3 is 9.15 Å². The van der Waals surface area contributed by atoms with E-state index in [-0.39, 0.29) is 22.9 Å². The van der Waals surface area contributed by atoms with Gasteiger partial charge >= 0.3 is 6.23 Å². The van der Waals surface area contributed by atoms with E-state index in [2.05, 4.69) is 0 Å². The number of halogens is 1. The number of Topliss-reactive ketones (excluding diaryl/α,β-unsaturated/α-hetero) is 1. The highest BCUT2D eigenvalue weighted by molar-refractivity contribution is 6.30. The Bertz CT molecular complexity index is 547. The number of hydrogen-bond donors (Lipinski definition) is 0. The highest BCUT2D eigenvalue weighted by atomic mass is 35.5. The van der Waals surface area contributed by atoms with Crippen LogP contribution in [0.5, 0.6) is 0 Å². The van der Waals surface area contributed by atoms with Crippen LogP contribution in [-0.2, 0) is 9.53 Å². The van der Waals surface area contributed by atoms with E-state index < -0.39 is 17.1 Å². The predicted octanol–water partition coefficient (Wildman–Crippen LogP) is 2.51. The van der Waals surface area contributed by atoms with Crippen molar-refractivity contribution in [2.24, 2.45) is 0 Å². The standard InChI is InChI=1S/C11H10ClNO5/c1-5(14)9-6(2)18-11(13(15)16)10(9)8-3-7(12)4-17-8/h3-4,10-11H,1-2H3. The third kappa shape index (κ3) is 1.99. The van der Waals surface area contributed by atoms with Crippen LogP contribution in [-0.4, -0.2) is 16.9 Å². The van der Waals surface area contributed by atoms with Crippen LogP contribution in [0.25, 0.3) is 0 Å². The Balaban J connectivity index is 2.49. The number of ether oxygens (including phenoxy) is 1. The average Bonchev–Trinajstić information content (AvgIpc) is 2.81. The first kappa shape index (κ1) is 12.6. The molecule has 1 aromatic heterocycles. The lowest BCUT2D eigenvalue weighted by Crippen LogP contribution is -2.27. The fraction of sp³-hybridized carbons (Fsp3) is 0.364. The van der Waals surface area contributed by atoms with Crippen LogP contribution in [0.3, 0.4) is 0 Å². The maximum absolute atomic E-state index is 11.6. The van der Waals surface area contributed by atoms with Crippen molar-refractivity contribution in [1.29, 1.82) is 0 Å². The lowest BCUT2D eigenvalue weighted by Gasteiger charge is -2.11. The molecule has 2 atom stereocenters. The largest absolute Gasteiger partial charge is 0.467 e. The average molecular weight is 272 g/mol. The number of carbonyl (C=O) groups is 1. The number of nitrogens with zero attached hydrogens (tertiary/aromatic N) is 1. The van der Waals surface area contributed by atoms with E-state index in [1.807, 2.05) is 0 Å². The number of carbonyl (C=O) groups excluding carboxylic acids is 1. The van der Waals surface area contributed by atoms with Crippen molar-refractivity contribution < 1.29 is 18.9 Å². The molecule has 7 heteroatoms. The minimum absolute atomic E-state index is 0.252. The van der Waals surface area contributed by atoms with Crippen molar-refractivity contribution in [3.8, 4) is 0 Å². The molecule has 0 spiro atoms. The quantitative estimate of drug-likeness (QED) is 0.623. The molecule has 0 saturated heterocycles. The molecule has 1 aromatic rings. The number of allylic oxidation sites excluding steroid dienone is 1. The molecule has 0 N–H and O–H groups in total. The van der Waals surface area contributed by atoms with E-state index in [4.69, 9.17) is 20.8 Å². The molecular formula is C11H10ClNO5. The summed E-state index contributed by atoms with van der Waals surface area (Å²) in [6.45, 7) is 2.86. The molecular weight excluding hydrogens is 262 g/mol. The number of nitro groups is 1. The van der Waals surface area contributed by atoms with Crippen LogP contribution in [0.1, 0.15) is 25.5 Å². The summed E-state index contributed by atoms with van der Waals surface area (Å²) in [4.78, 5) is 22.0. The number of ketones is 1. The monoisotopic (exact) mass is 271 g/mol. The fourth-order valence-electron chi connectivity index (χ4n) is 2.08. The van der Waals surface area contributed by atoms with Gasteiger partial charge in [0.2, 0.25) is 0 Å². The van der Waals surface area contributed by atoms with E-state index in [9.17, 15) is 14.9 Å². The molecule has 0 fully saturated rings.